The molecule has 0 atom stereocenters. The number of halogens is 1. The summed E-state index contributed by atoms with van der Waals surface area (Å²) in [6.45, 7) is 7.89. The highest BCUT2D eigenvalue weighted by Gasteiger charge is 2.26. The van der Waals surface area contributed by atoms with Crippen molar-refractivity contribution in [3.63, 3.8) is 0 Å². The van der Waals surface area contributed by atoms with E-state index in [0.717, 1.165) is 37.2 Å². The molecule has 6 heteroatoms. The van der Waals surface area contributed by atoms with Crippen molar-refractivity contribution in [2.75, 3.05) is 13.1 Å². The number of likely N-dealkylation sites (tertiary alicyclic amines) is 1. The zero-order valence-electron chi connectivity index (χ0n) is 15.9. The van der Waals surface area contributed by atoms with Crippen molar-refractivity contribution < 1.29 is 4.79 Å². The molecule has 4 rings (SSSR count). The van der Waals surface area contributed by atoms with Crippen molar-refractivity contribution in [2.45, 2.75) is 39.0 Å². The standard InChI is InChI=1S/C21H23ClN4O/c1-21(2,3)18-13-19-23-16(14-8-4-5-9-15(14)22)12-17(26(19)24-18)20(27)25-10-6-7-11-25/h4-5,8-9,12-13H,6-7,10-11H2,1-3H3. The summed E-state index contributed by atoms with van der Waals surface area (Å²) in [6, 6.07) is 11.3. The van der Waals surface area contributed by atoms with E-state index < -0.39 is 0 Å². The van der Waals surface area contributed by atoms with Crippen LogP contribution in [0.5, 0.6) is 0 Å². The van der Waals surface area contributed by atoms with Gasteiger partial charge >= 0.3 is 0 Å². The smallest absolute Gasteiger partial charge is 0.272 e. The van der Waals surface area contributed by atoms with Gasteiger partial charge in [0.1, 0.15) is 5.69 Å². The van der Waals surface area contributed by atoms with Crippen LogP contribution in [-0.4, -0.2) is 38.5 Å². The summed E-state index contributed by atoms with van der Waals surface area (Å²) in [7, 11) is 0. The molecule has 0 unspecified atom stereocenters. The lowest BCUT2D eigenvalue weighted by molar-refractivity contribution is 0.0784. The van der Waals surface area contributed by atoms with Gasteiger partial charge in [-0.05, 0) is 25.0 Å². The summed E-state index contributed by atoms with van der Waals surface area (Å²) in [5, 5.41) is 5.32. The van der Waals surface area contributed by atoms with Gasteiger partial charge in [0.25, 0.3) is 5.91 Å². The van der Waals surface area contributed by atoms with E-state index in [1.165, 1.54) is 0 Å². The van der Waals surface area contributed by atoms with E-state index in [-0.39, 0.29) is 11.3 Å². The number of carbonyl (C=O) groups excluding carboxylic acids is 1. The number of fused-ring (bicyclic) bond motifs is 1. The maximum absolute atomic E-state index is 13.2. The average molecular weight is 383 g/mol. The van der Waals surface area contributed by atoms with Crippen molar-refractivity contribution in [3.8, 4) is 11.3 Å². The fourth-order valence-corrected chi connectivity index (χ4v) is 3.62. The Balaban J connectivity index is 1.93. The predicted molar refractivity (Wildman–Crippen MR) is 107 cm³/mol. The number of hydrogen-bond acceptors (Lipinski definition) is 3. The number of benzene rings is 1. The van der Waals surface area contributed by atoms with E-state index in [1.54, 1.807) is 4.52 Å². The van der Waals surface area contributed by atoms with Gasteiger partial charge in [-0.3, -0.25) is 4.79 Å². The van der Waals surface area contributed by atoms with E-state index >= 15 is 0 Å². The minimum Gasteiger partial charge on any atom is -0.337 e. The number of carbonyl (C=O) groups is 1. The van der Waals surface area contributed by atoms with E-state index in [2.05, 4.69) is 20.8 Å². The molecule has 0 spiro atoms. The number of aromatic nitrogens is 3. The second kappa shape index (κ2) is 6.64. The SMILES string of the molecule is CC(C)(C)c1cc2nc(-c3ccccc3Cl)cc(C(=O)N3CCCC3)n2n1. The van der Waals surface area contributed by atoms with Gasteiger partial charge in [-0.25, -0.2) is 9.50 Å². The molecule has 3 aromatic rings. The molecular weight excluding hydrogens is 360 g/mol. The molecule has 1 aliphatic heterocycles. The Morgan fingerprint density at radius 2 is 1.81 bits per heavy atom. The van der Waals surface area contributed by atoms with Gasteiger partial charge in [-0.2, -0.15) is 5.10 Å². The molecule has 1 amide bonds. The Kier molecular flexibility index (Phi) is 4.42. The summed E-state index contributed by atoms with van der Waals surface area (Å²) < 4.78 is 1.68. The number of hydrogen-bond donors (Lipinski definition) is 0. The summed E-state index contributed by atoms with van der Waals surface area (Å²) in [4.78, 5) is 19.8. The Labute approximate surface area is 164 Å². The highest BCUT2D eigenvalue weighted by Crippen LogP contribution is 2.29. The van der Waals surface area contributed by atoms with Crippen LogP contribution in [0.1, 0.15) is 49.8 Å². The van der Waals surface area contributed by atoms with Crippen LogP contribution in [0.2, 0.25) is 5.02 Å². The third-order valence-corrected chi connectivity index (χ3v) is 5.29. The largest absolute Gasteiger partial charge is 0.337 e. The van der Waals surface area contributed by atoms with Crippen LogP contribution in [0.3, 0.4) is 0 Å². The summed E-state index contributed by atoms with van der Waals surface area (Å²) >= 11 is 6.39. The minimum absolute atomic E-state index is 0.00300. The second-order valence-electron chi connectivity index (χ2n) is 8.06. The van der Waals surface area contributed by atoms with Crippen LogP contribution < -0.4 is 0 Å². The molecule has 5 nitrogen and oxygen atoms in total. The van der Waals surface area contributed by atoms with Crippen LogP contribution in [0.15, 0.2) is 36.4 Å². The van der Waals surface area contributed by atoms with Crippen LogP contribution >= 0.6 is 11.6 Å². The number of rotatable bonds is 2. The van der Waals surface area contributed by atoms with Gasteiger partial charge in [0.15, 0.2) is 5.65 Å². The monoisotopic (exact) mass is 382 g/mol. The van der Waals surface area contributed by atoms with Gasteiger partial charge in [-0.1, -0.05) is 50.6 Å². The zero-order valence-corrected chi connectivity index (χ0v) is 16.6. The molecule has 0 saturated carbocycles. The molecule has 1 saturated heterocycles. The molecular formula is C21H23ClN4O. The third-order valence-electron chi connectivity index (χ3n) is 4.96. The fourth-order valence-electron chi connectivity index (χ4n) is 3.38. The molecule has 0 aliphatic carbocycles. The summed E-state index contributed by atoms with van der Waals surface area (Å²) in [6.07, 6.45) is 2.09. The first-order chi connectivity index (χ1) is 12.8. The lowest BCUT2D eigenvalue weighted by Gasteiger charge is -2.17. The Morgan fingerprint density at radius 1 is 1.11 bits per heavy atom. The maximum atomic E-state index is 13.2. The highest BCUT2D eigenvalue weighted by molar-refractivity contribution is 6.33. The number of amides is 1. The fraction of sp³-hybridized carbons (Fsp3) is 0.381. The molecule has 0 bridgehead atoms. The molecule has 3 heterocycles. The van der Waals surface area contributed by atoms with E-state index in [0.29, 0.717) is 22.1 Å². The maximum Gasteiger partial charge on any atom is 0.272 e. The van der Waals surface area contributed by atoms with Gasteiger partial charge < -0.3 is 4.90 Å². The first-order valence-electron chi connectivity index (χ1n) is 9.30. The lowest BCUT2D eigenvalue weighted by atomic mass is 9.93. The molecule has 0 radical (unpaired) electrons. The molecule has 2 aromatic heterocycles. The normalized spacial score (nSPS) is 14.9. The lowest BCUT2D eigenvalue weighted by Crippen LogP contribution is -2.29. The van der Waals surface area contributed by atoms with E-state index in [1.807, 2.05) is 41.3 Å². The van der Waals surface area contributed by atoms with Crippen molar-refractivity contribution in [2.24, 2.45) is 0 Å². The Hall–Kier alpha value is -2.40. The van der Waals surface area contributed by atoms with Gasteiger partial charge in [0, 0.05) is 35.2 Å². The quantitative estimate of drug-likeness (QED) is 0.651. The molecule has 1 fully saturated rings. The van der Waals surface area contributed by atoms with Crippen molar-refractivity contribution >= 4 is 23.2 Å². The molecule has 0 N–H and O–H groups in total. The second-order valence-corrected chi connectivity index (χ2v) is 8.46. The Morgan fingerprint density at radius 3 is 2.48 bits per heavy atom. The van der Waals surface area contributed by atoms with Crippen molar-refractivity contribution in [1.82, 2.24) is 19.5 Å². The first kappa shape index (κ1) is 18.0. The molecule has 1 aromatic carbocycles. The van der Waals surface area contributed by atoms with Gasteiger partial charge in [-0.15, -0.1) is 0 Å². The Bertz CT molecular complexity index is 1010. The highest BCUT2D eigenvalue weighted by atomic mass is 35.5. The predicted octanol–water partition coefficient (Wildman–Crippen LogP) is 4.58. The summed E-state index contributed by atoms with van der Waals surface area (Å²) in [5.41, 5.74) is 3.48. The average Bonchev–Trinajstić information content (AvgIpc) is 3.30. The van der Waals surface area contributed by atoms with Gasteiger partial charge in [0.05, 0.1) is 11.4 Å². The van der Waals surface area contributed by atoms with Crippen LogP contribution in [0.4, 0.5) is 0 Å². The van der Waals surface area contributed by atoms with Crippen LogP contribution in [0.25, 0.3) is 16.9 Å². The molecule has 1 aliphatic rings. The van der Waals surface area contributed by atoms with Crippen LogP contribution in [-0.2, 0) is 5.41 Å². The zero-order chi connectivity index (χ0) is 19.2. The van der Waals surface area contributed by atoms with Crippen LogP contribution in [0, 0.1) is 0 Å². The molecule has 27 heavy (non-hydrogen) atoms. The topological polar surface area (TPSA) is 50.5 Å². The van der Waals surface area contributed by atoms with E-state index in [9.17, 15) is 4.79 Å². The van der Waals surface area contributed by atoms with E-state index in [4.69, 9.17) is 21.7 Å². The molecule has 140 valence electrons. The third kappa shape index (κ3) is 3.32. The summed E-state index contributed by atoms with van der Waals surface area (Å²) in [5.74, 6) is -0.00300. The van der Waals surface area contributed by atoms with Crippen molar-refractivity contribution in [3.05, 3.63) is 52.8 Å². The minimum atomic E-state index is -0.133. The van der Waals surface area contributed by atoms with Crippen molar-refractivity contribution in [1.29, 1.82) is 0 Å². The number of nitrogens with zero attached hydrogens (tertiary/aromatic N) is 4. The van der Waals surface area contributed by atoms with Gasteiger partial charge in [0.2, 0.25) is 0 Å². The first-order valence-corrected chi connectivity index (χ1v) is 9.68.